The van der Waals surface area contributed by atoms with Gasteiger partial charge >= 0.3 is 0 Å². The SMILES string of the molecule is CC1CN(C)C(=O)C(CC#N)N1C(C)(C)C. The average Bonchev–Trinajstić information content (AvgIpc) is 2.11. The Morgan fingerprint density at radius 2 is 2.06 bits per heavy atom. The first-order valence-electron chi connectivity index (χ1n) is 5.69. The van der Waals surface area contributed by atoms with Crippen LogP contribution in [0.15, 0.2) is 0 Å². The molecule has 0 N–H and O–H groups in total. The summed E-state index contributed by atoms with van der Waals surface area (Å²) >= 11 is 0. The van der Waals surface area contributed by atoms with E-state index >= 15 is 0 Å². The van der Waals surface area contributed by atoms with E-state index in [-0.39, 0.29) is 23.9 Å². The second kappa shape index (κ2) is 4.42. The minimum absolute atomic E-state index is 0.0644. The maximum atomic E-state index is 12.1. The maximum Gasteiger partial charge on any atom is 0.240 e. The third-order valence-electron chi connectivity index (χ3n) is 3.07. The second-order valence-corrected chi connectivity index (χ2v) is 5.52. The normalized spacial score (nSPS) is 28.0. The predicted octanol–water partition coefficient (Wildman–Crippen LogP) is 1.23. The van der Waals surface area contributed by atoms with Gasteiger partial charge in [-0.3, -0.25) is 9.69 Å². The van der Waals surface area contributed by atoms with Crippen LogP contribution in [0.5, 0.6) is 0 Å². The van der Waals surface area contributed by atoms with E-state index in [1.54, 1.807) is 4.90 Å². The van der Waals surface area contributed by atoms with Crippen molar-refractivity contribution in [2.75, 3.05) is 13.6 Å². The molecule has 0 aliphatic carbocycles. The van der Waals surface area contributed by atoms with Crippen molar-refractivity contribution in [2.45, 2.75) is 51.7 Å². The average molecular weight is 223 g/mol. The van der Waals surface area contributed by atoms with E-state index in [1.807, 2.05) is 7.05 Å². The number of nitrogens with zero attached hydrogens (tertiary/aromatic N) is 3. The monoisotopic (exact) mass is 223 g/mol. The second-order valence-electron chi connectivity index (χ2n) is 5.52. The third kappa shape index (κ3) is 2.35. The molecule has 1 aliphatic rings. The Kier molecular flexibility index (Phi) is 3.59. The lowest BCUT2D eigenvalue weighted by Crippen LogP contribution is -2.65. The molecule has 0 aromatic rings. The zero-order chi connectivity index (χ0) is 12.5. The van der Waals surface area contributed by atoms with Crippen molar-refractivity contribution in [2.24, 2.45) is 0 Å². The van der Waals surface area contributed by atoms with Crippen LogP contribution in [-0.2, 0) is 4.79 Å². The van der Waals surface area contributed by atoms with Crippen molar-refractivity contribution in [3.8, 4) is 6.07 Å². The minimum atomic E-state index is -0.293. The van der Waals surface area contributed by atoms with Crippen molar-refractivity contribution < 1.29 is 4.79 Å². The number of hydrogen-bond acceptors (Lipinski definition) is 3. The van der Waals surface area contributed by atoms with Gasteiger partial charge in [0, 0.05) is 25.2 Å². The fraction of sp³-hybridized carbons (Fsp3) is 0.833. The first kappa shape index (κ1) is 13.0. The van der Waals surface area contributed by atoms with Gasteiger partial charge in [-0.15, -0.1) is 0 Å². The Labute approximate surface area is 97.8 Å². The van der Waals surface area contributed by atoms with Crippen LogP contribution >= 0.6 is 0 Å². The molecule has 1 saturated heterocycles. The molecule has 0 saturated carbocycles. The van der Waals surface area contributed by atoms with Crippen LogP contribution in [0.3, 0.4) is 0 Å². The van der Waals surface area contributed by atoms with E-state index in [2.05, 4.69) is 38.7 Å². The fourth-order valence-corrected chi connectivity index (χ4v) is 2.66. The lowest BCUT2D eigenvalue weighted by Gasteiger charge is -2.49. The Bertz CT molecular complexity index is 313. The highest BCUT2D eigenvalue weighted by Gasteiger charge is 2.42. The van der Waals surface area contributed by atoms with Crippen molar-refractivity contribution in [3.05, 3.63) is 0 Å². The van der Waals surface area contributed by atoms with Crippen LogP contribution in [0.25, 0.3) is 0 Å². The highest BCUT2D eigenvalue weighted by molar-refractivity contribution is 5.83. The van der Waals surface area contributed by atoms with Crippen molar-refractivity contribution in [1.29, 1.82) is 5.26 Å². The summed E-state index contributed by atoms with van der Waals surface area (Å²) in [5.74, 6) is 0.0644. The number of nitriles is 1. The van der Waals surface area contributed by atoms with E-state index in [1.165, 1.54) is 0 Å². The van der Waals surface area contributed by atoms with Crippen LogP contribution in [0, 0.1) is 11.3 Å². The molecule has 1 rings (SSSR count). The smallest absolute Gasteiger partial charge is 0.240 e. The third-order valence-corrected chi connectivity index (χ3v) is 3.07. The summed E-state index contributed by atoms with van der Waals surface area (Å²) in [6.45, 7) is 9.11. The molecule has 1 fully saturated rings. The van der Waals surface area contributed by atoms with Gasteiger partial charge in [-0.1, -0.05) is 0 Å². The maximum absolute atomic E-state index is 12.1. The molecule has 2 atom stereocenters. The standard InChI is InChI=1S/C12H21N3O/c1-9-8-14(5)11(16)10(6-7-13)15(9)12(2,3)4/h9-10H,6,8H2,1-5H3. The number of rotatable bonds is 1. The molecule has 0 bridgehead atoms. The highest BCUT2D eigenvalue weighted by atomic mass is 16.2. The zero-order valence-corrected chi connectivity index (χ0v) is 10.8. The highest BCUT2D eigenvalue weighted by Crippen LogP contribution is 2.27. The molecule has 0 spiro atoms. The number of hydrogen-bond donors (Lipinski definition) is 0. The topological polar surface area (TPSA) is 47.3 Å². The summed E-state index contributed by atoms with van der Waals surface area (Å²) in [5, 5.41) is 8.84. The van der Waals surface area contributed by atoms with E-state index in [0.29, 0.717) is 6.04 Å². The van der Waals surface area contributed by atoms with E-state index in [0.717, 1.165) is 6.54 Å². The van der Waals surface area contributed by atoms with Gasteiger partial charge < -0.3 is 4.90 Å². The lowest BCUT2D eigenvalue weighted by atomic mass is 9.94. The van der Waals surface area contributed by atoms with Crippen molar-refractivity contribution in [1.82, 2.24) is 9.80 Å². The van der Waals surface area contributed by atoms with Gasteiger partial charge in [0.15, 0.2) is 0 Å². The number of likely N-dealkylation sites (N-methyl/N-ethyl adjacent to an activating group) is 1. The van der Waals surface area contributed by atoms with Gasteiger partial charge in [-0.2, -0.15) is 5.26 Å². The summed E-state index contributed by atoms with van der Waals surface area (Å²) < 4.78 is 0. The molecule has 1 heterocycles. The van der Waals surface area contributed by atoms with E-state index in [9.17, 15) is 4.79 Å². The summed E-state index contributed by atoms with van der Waals surface area (Å²) in [6, 6.07) is 2.12. The molecule has 2 unspecified atom stereocenters. The van der Waals surface area contributed by atoms with Crippen molar-refractivity contribution >= 4 is 5.91 Å². The quantitative estimate of drug-likeness (QED) is 0.671. The fourth-order valence-electron chi connectivity index (χ4n) is 2.66. The van der Waals surface area contributed by atoms with Gasteiger partial charge in [0.25, 0.3) is 0 Å². The number of carbonyl (C=O) groups excluding carboxylic acids is 1. The van der Waals surface area contributed by atoms with E-state index in [4.69, 9.17) is 5.26 Å². The van der Waals surface area contributed by atoms with Gasteiger partial charge in [0.1, 0.15) is 6.04 Å². The summed E-state index contributed by atoms with van der Waals surface area (Å²) in [5.41, 5.74) is -0.0855. The van der Waals surface area contributed by atoms with Gasteiger partial charge in [-0.25, -0.2) is 0 Å². The summed E-state index contributed by atoms with van der Waals surface area (Å²) in [6.07, 6.45) is 0.269. The predicted molar refractivity (Wildman–Crippen MR) is 62.7 cm³/mol. The van der Waals surface area contributed by atoms with Crippen LogP contribution in [-0.4, -0.2) is 46.9 Å². The molecule has 0 radical (unpaired) electrons. The van der Waals surface area contributed by atoms with Crippen LogP contribution in [0.1, 0.15) is 34.1 Å². The molecule has 90 valence electrons. The summed E-state index contributed by atoms with van der Waals surface area (Å²) in [7, 11) is 1.81. The number of carbonyl (C=O) groups is 1. The molecule has 0 aromatic carbocycles. The number of piperazine rings is 1. The lowest BCUT2D eigenvalue weighted by molar-refractivity contribution is -0.147. The Hall–Kier alpha value is -1.08. The first-order chi connectivity index (χ1) is 7.29. The Morgan fingerprint density at radius 3 is 2.50 bits per heavy atom. The van der Waals surface area contributed by atoms with E-state index < -0.39 is 0 Å². The molecular formula is C12H21N3O. The largest absolute Gasteiger partial charge is 0.343 e. The molecule has 16 heavy (non-hydrogen) atoms. The molecule has 4 heteroatoms. The Morgan fingerprint density at radius 1 is 1.50 bits per heavy atom. The van der Waals surface area contributed by atoms with Gasteiger partial charge in [-0.05, 0) is 27.7 Å². The molecular weight excluding hydrogens is 202 g/mol. The summed E-state index contributed by atoms with van der Waals surface area (Å²) in [4.78, 5) is 15.9. The zero-order valence-electron chi connectivity index (χ0n) is 10.8. The molecule has 1 amide bonds. The van der Waals surface area contributed by atoms with Gasteiger partial charge in [0.05, 0.1) is 12.5 Å². The molecule has 4 nitrogen and oxygen atoms in total. The van der Waals surface area contributed by atoms with Crippen LogP contribution in [0.4, 0.5) is 0 Å². The van der Waals surface area contributed by atoms with Crippen LogP contribution in [0.2, 0.25) is 0 Å². The van der Waals surface area contributed by atoms with Crippen LogP contribution < -0.4 is 0 Å². The Balaban J connectivity index is 3.02. The van der Waals surface area contributed by atoms with Gasteiger partial charge in [0.2, 0.25) is 5.91 Å². The first-order valence-corrected chi connectivity index (χ1v) is 5.69. The van der Waals surface area contributed by atoms with Crippen molar-refractivity contribution in [3.63, 3.8) is 0 Å². The molecule has 0 aromatic heterocycles. The number of amides is 1. The molecule has 1 aliphatic heterocycles. The minimum Gasteiger partial charge on any atom is -0.343 e.